The van der Waals surface area contributed by atoms with E-state index in [1.807, 2.05) is 37.8 Å². The highest BCUT2D eigenvalue weighted by molar-refractivity contribution is 5.73. The minimum absolute atomic E-state index is 0.0513. The molecule has 0 spiro atoms. The molecule has 33 heavy (non-hydrogen) atoms. The fourth-order valence-corrected chi connectivity index (χ4v) is 4.77. The number of carbonyl (C=O) groups excluding carboxylic acids is 1. The summed E-state index contributed by atoms with van der Waals surface area (Å²) in [5, 5.41) is 0. The molecule has 0 radical (unpaired) electrons. The number of benzene rings is 2. The molecule has 0 bridgehead atoms. The van der Waals surface area contributed by atoms with Crippen molar-refractivity contribution in [1.29, 1.82) is 0 Å². The summed E-state index contributed by atoms with van der Waals surface area (Å²) < 4.78 is 11.1. The lowest BCUT2D eigenvalue weighted by molar-refractivity contribution is -0.00302. The van der Waals surface area contributed by atoms with Gasteiger partial charge in [-0.1, -0.05) is 42.5 Å². The molecule has 176 valence electrons. The number of nitrogens with zero attached hydrogens (tertiary/aromatic N) is 2. The first kappa shape index (κ1) is 23.4. The first-order chi connectivity index (χ1) is 15.8. The summed E-state index contributed by atoms with van der Waals surface area (Å²) >= 11 is 0. The van der Waals surface area contributed by atoms with Crippen LogP contribution in [-0.4, -0.2) is 48.2 Å². The van der Waals surface area contributed by atoms with Gasteiger partial charge in [-0.25, -0.2) is 4.79 Å². The van der Waals surface area contributed by atoms with Crippen LogP contribution in [0, 0.1) is 0 Å². The van der Waals surface area contributed by atoms with Gasteiger partial charge < -0.3 is 9.47 Å². The van der Waals surface area contributed by atoms with Crippen molar-refractivity contribution in [2.45, 2.75) is 58.2 Å². The van der Waals surface area contributed by atoms with E-state index in [1.165, 1.54) is 28.7 Å². The Labute approximate surface area is 198 Å². The molecule has 0 N–H and O–H groups in total. The number of carbonyl (C=O) groups is 1. The van der Waals surface area contributed by atoms with Crippen molar-refractivity contribution in [2.75, 3.05) is 26.7 Å². The lowest BCUT2D eigenvalue weighted by atomic mass is 9.92. The van der Waals surface area contributed by atoms with Crippen LogP contribution in [0.15, 0.2) is 54.6 Å². The van der Waals surface area contributed by atoms with E-state index in [0.29, 0.717) is 6.54 Å². The zero-order valence-corrected chi connectivity index (χ0v) is 20.3. The third-order valence-corrected chi connectivity index (χ3v) is 6.36. The number of methoxy groups -OCH3 is 1. The van der Waals surface area contributed by atoms with Crippen molar-refractivity contribution in [1.82, 2.24) is 9.80 Å². The zero-order chi connectivity index (χ0) is 23.4. The Kier molecular flexibility index (Phi) is 7.08. The first-order valence-electron chi connectivity index (χ1n) is 12.0. The molecule has 5 heteroatoms. The second-order valence-electron chi connectivity index (χ2n) is 9.98. The highest BCUT2D eigenvalue weighted by Gasteiger charge is 2.35. The van der Waals surface area contributed by atoms with Crippen molar-refractivity contribution in [2.24, 2.45) is 0 Å². The van der Waals surface area contributed by atoms with E-state index in [4.69, 9.17) is 9.47 Å². The molecule has 5 nitrogen and oxygen atoms in total. The van der Waals surface area contributed by atoms with E-state index in [9.17, 15) is 4.79 Å². The Morgan fingerprint density at radius 2 is 1.82 bits per heavy atom. The van der Waals surface area contributed by atoms with Crippen molar-refractivity contribution in [3.8, 4) is 5.75 Å². The Balaban J connectivity index is 1.61. The normalized spacial score (nSPS) is 19.3. The lowest BCUT2D eigenvalue weighted by Crippen LogP contribution is -2.51. The average molecular weight is 449 g/mol. The number of ether oxygens (including phenoxy) is 2. The van der Waals surface area contributed by atoms with Crippen LogP contribution < -0.4 is 4.74 Å². The van der Waals surface area contributed by atoms with Gasteiger partial charge in [0.1, 0.15) is 11.4 Å². The van der Waals surface area contributed by atoms with Gasteiger partial charge in [0.25, 0.3) is 0 Å². The van der Waals surface area contributed by atoms with E-state index < -0.39 is 5.60 Å². The molecule has 1 atom stereocenters. The number of amides is 1. The quantitative estimate of drug-likeness (QED) is 0.558. The molecular weight excluding hydrogens is 412 g/mol. The van der Waals surface area contributed by atoms with Crippen molar-refractivity contribution >= 4 is 11.7 Å². The highest BCUT2D eigenvalue weighted by Crippen LogP contribution is 2.36. The van der Waals surface area contributed by atoms with E-state index >= 15 is 0 Å². The summed E-state index contributed by atoms with van der Waals surface area (Å²) in [5.74, 6) is 0.866. The summed E-state index contributed by atoms with van der Waals surface area (Å²) in [6, 6.07) is 16.8. The summed E-state index contributed by atoms with van der Waals surface area (Å²) in [6.07, 6.45) is 5.56. The molecule has 0 saturated carbocycles. The predicted molar refractivity (Wildman–Crippen MR) is 132 cm³/mol. The number of allylic oxidation sites excluding steroid dienone is 2. The molecule has 1 saturated heterocycles. The van der Waals surface area contributed by atoms with Gasteiger partial charge in [0, 0.05) is 26.2 Å². The third-order valence-electron chi connectivity index (χ3n) is 6.36. The van der Waals surface area contributed by atoms with Gasteiger partial charge in [0.15, 0.2) is 0 Å². The molecule has 4 rings (SSSR count). The van der Waals surface area contributed by atoms with Crippen LogP contribution in [0.25, 0.3) is 5.57 Å². The maximum absolute atomic E-state index is 13.2. The molecule has 1 fully saturated rings. The monoisotopic (exact) mass is 448 g/mol. The van der Waals surface area contributed by atoms with Crippen LogP contribution in [-0.2, 0) is 11.3 Å². The molecule has 1 aliphatic carbocycles. The second kappa shape index (κ2) is 10.0. The van der Waals surface area contributed by atoms with Crippen molar-refractivity contribution < 1.29 is 14.3 Å². The van der Waals surface area contributed by atoms with Crippen LogP contribution in [0.3, 0.4) is 0 Å². The molecule has 1 unspecified atom stereocenters. The molecule has 1 heterocycles. The second-order valence-corrected chi connectivity index (χ2v) is 9.98. The number of piperazine rings is 1. The first-order valence-corrected chi connectivity index (χ1v) is 12.0. The van der Waals surface area contributed by atoms with E-state index in [1.54, 1.807) is 7.11 Å². The fraction of sp³-hybridized carbons (Fsp3) is 0.464. The molecule has 2 aromatic carbocycles. The Morgan fingerprint density at radius 3 is 2.48 bits per heavy atom. The molecular formula is C28H36N2O3. The molecule has 1 amide bonds. The van der Waals surface area contributed by atoms with Crippen molar-refractivity contribution in [3.63, 3.8) is 0 Å². The number of hydrogen-bond acceptors (Lipinski definition) is 4. The van der Waals surface area contributed by atoms with Gasteiger partial charge in [0.2, 0.25) is 0 Å². The Hall–Kier alpha value is -2.79. The minimum Gasteiger partial charge on any atom is -0.497 e. The summed E-state index contributed by atoms with van der Waals surface area (Å²) in [5.41, 5.74) is 4.62. The molecule has 2 aromatic rings. The minimum atomic E-state index is -0.518. The topological polar surface area (TPSA) is 42.0 Å². The van der Waals surface area contributed by atoms with Crippen LogP contribution in [0.2, 0.25) is 0 Å². The van der Waals surface area contributed by atoms with Gasteiger partial charge in [-0.15, -0.1) is 0 Å². The molecule has 1 aliphatic heterocycles. The van der Waals surface area contributed by atoms with Gasteiger partial charge >= 0.3 is 6.09 Å². The third kappa shape index (κ3) is 5.77. The molecule has 0 aromatic heterocycles. The molecule has 2 aliphatic rings. The van der Waals surface area contributed by atoms with Gasteiger partial charge in [-0.3, -0.25) is 9.80 Å². The SMILES string of the molecule is COc1ccc(CN2CCN(C(=O)OC(C)(C)C)C(c3ccccc3C3=CCCC3)C2)cc1. The van der Waals surface area contributed by atoms with E-state index in [-0.39, 0.29) is 12.1 Å². The lowest BCUT2D eigenvalue weighted by Gasteiger charge is -2.42. The number of rotatable bonds is 5. The fourth-order valence-electron chi connectivity index (χ4n) is 4.77. The number of hydrogen-bond donors (Lipinski definition) is 0. The highest BCUT2D eigenvalue weighted by atomic mass is 16.6. The van der Waals surface area contributed by atoms with Gasteiger partial charge in [-0.05, 0) is 74.4 Å². The van der Waals surface area contributed by atoms with Crippen LogP contribution in [0.5, 0.6) is 5.75 Å². The maximum Gasteiger partial charge on any atom is 0.410 e. The summed E-state index contributed by atoms with van der Waals surface area (Å²) in [4.78, 5) is 17.6. The van der Waals surface area contributed by atoms with Crippen LogP contribution in [0.1, 0.15) is 62.8 Å². The Morgan fingerprint density at radius 1 is 1.06 bits per heavy atom. The summed E-state index contributed by atoms with van der Waals surface area (Å²) in [6.45, 7) is 8.85. The predicted octanol–water partition coefficient (Wildman–Crippen LogP) is 6.06. The van der Waals surface area contributed by atoms with Crippen LogP contribution >= 0.6 is 0 Å². The van der Waals surface area contributed by atoms with E-state index in [0.717, 1.165) is 38.2 Å². The van der Waals surface area contributed by atoms with Crippen molar-refractivity contribution in [3.05, 3.63) is 71.3 Å². The van der Waals surface area contributed by atoms with E-state index in [2.05, 4.69) is 47.4 Å². The maximum atomic E-state index is 13.2. The smallest absolute Gasteiger partial charge is 0.410 e. The standard InChI is InChI=1S/C28H36N2O3/c1-28(2,3)33-27(31)30-18-17-29(19-21-13-15-23(32-4)16-14-21)20-26(30)25-12-8-7-11-24(25)22-9-5-6-10-22/h7-9,11-16,26H,5-6,10,17-20H2,1-4H3. The zero-order valence-electron chi connectivity index (χ0n) is 20.3. The average Bonchev–Trinajstić information content (AvgIpc) is 3.33. The Bertz CT molecular complexity index is 991. The largest absolute Gasteiger partial charge is 0.497 e. The van der Waals surface area contributed by atoms with Gasteiger partial charge in [0.05, 0.1) is 13.2 Å². The van der Waals surface area contributed by atoms with Crippen LogP contribution in [0.4, 0.5) is 4.79 Å². The summed E-state index contributed by atoms with van der Waals surface area (Å²) in [7, 11) is 1.69. The van der Waals surface area contributed by atoms with Gasteiger partial charge in [-0.2, -0.15) is 0 Å².